The number of halogens is 1. The Hall–Kier alpha value is -0.390. The zero-order valence-corrected chi connectivity index (χ0v) is 14.5. The Labute approximate surface area is 130 Å². The maximum Gasteiger partial charge on any atom is 0.243 e. The van der Waals surface area contributed by atoms with E-state index in [9.17, 15) is 8.42 Å². The van der Waals surface area contributed by atoms with Crippen LogP contribution in [-0.4, -0.2) is 30.6 Å². The molecule has 20 heavy (non-hydrogen) atoms. The van der Waals surface area contributed by atoms with Gasteiger partial charge in [-0.25, -0.2) is 8.42 Å². The Morgan fingerprint density at radius 2 is 1.95 bits per heavy atom. The van der Waals surface area contributed by atoms with Gasteiger partial charge in [0.1, 0.15) is 0 Å². The SMILES string of the molecule is CCCc1ccc(S(=O)(=O)N2CCC(C)C2CBr)cc1. The monoisotopic (exact) mass is 359 g/mol. The Morgan fingerprint density at radius 3 is 2.50 bits per heavy atom. The molecule has 0 bridgehead atoms. The van der Waals surface area contributed by atoms with E-state index in [2.05, 4.69) is 29.8 Å². The van der Waals surface area contributed by atoms with Crippen molar-refractivity contribution in [3.05, 3.63) is 29.8 Å². The quantitative estimate of drug-likeness (QED) is 0.755. The van der Waals surface area contributed by atoms with E-state index in [1.54, 1.807) is 16.4 Å². The minimum Gasteiger partial charge on any atom is -0.207 e. The van der Waals surface area contributed by atoms with Gasteiger partial charge in [0.2, 0.25) is 10.0 Å². The van der Waals surface area contributed by atoms with Crippen LogP contribution >= 0.6 is 15.9 Å². The molecule has 1 aromatic rings. The summed E-state index contributed by atoms with van der Waals surface area (Å²) >= 11 is 3.45. The van der Waals surface area contributed by atoms with Crippen LogP contribution in [0.3, 0.4) is 0 Å². The third kappa shape index (κ3) is 3.10. The van der Waals surface area contributed by atoms with Gasteiger partial charge in [-0.3, -0.25) is 0 Å². The standard InChI is InChI=1S/C15H22BrNO2S/c1-3-4-13-5-7-14(8-6-13)20(18,19)17-10-9-12(2)15(17)11-16/h5-8,12,15H,3-4,9-11H2,1-2H3. The van der Waals surface area contributed by atoms with E-state index >= 15 is 0 Å². The highest BCUT2D eigenvalue weighted by Crippen LogP contribution is 2.31. The highest BCUT2D eigenvalue weighted by atomic mass is 79.9. The molecule has 0 radical (unpaired) electrons. The molecule has 1 aliphatic heterocycles. The zero-order valence-electron chi connectivity index (χ0n) is 12.0. The second-order valence-electron chi connectivity index (χ2n) is 5.50. The average Bonchev–Trinajstić information content (AvgIpc) is 2.81. The van der Waals surface area contributed by atoms with Gasteiger partial charge in [-0.2, -0.15) is 4.31 Å². The van der Waals surface area contributed by atoms with E-state index in [1.165, 1.54) is 5.56 Å². The molecule has 1 fully saturated rings. The summed E-state index contributed by atoms with van der Waals surface area (Å²) in [5.41, 5.74) is 1.19. The maximum atomic E-state index is 12.7. The fourth-order valence-electron chi connectivity index (χ4n) is 2.75. The molecule has 2 rings (SSSR count). The van der Waals surface area contributed by atoms with Crippen molar-refractivity contribution in [2.45, 2.75) is 44.0 Å². The molecule has 0 N–H and O–H groups in total. The topological polar surface area (TPSA) is 37.4 Å². The van der Waals surface area contributed by atoms with Crippen LogP contribution in [0, 0.1) is 5.92 Å². The van der Waals surface area contributed by atoms with Gasteiger partial charge in [0.05, 0.1) is 4.90 Å². The number of benzene rings is 1. The second-order valence-corrected chi connectivity index (χ2v) is 8.04. The lowest BCUT2D eigenvalue weighted by Gasteiger charge is -2.24. The van der Waals surface area contributed by atoms with Gasteiger partial charge in [-0.15, -0.1) is 0 Å². The van der Waals surface area contributed by atoms with Gasteiger partial charge in [-0.05, 0) is 36.5 Å². The number of hydrogen-bond donors (Lipinski definition) is 0. The van der Waals surface area contributed by atoms with Gasteiger partial charge in [0, 0.05) is 17.9 Å². The molecule has 2 unspecified atom stereocenters. The van der Waals surface area contributed by atoms with Crippen LogP contribution in [0.2, 0.25) is 0 Å². The van der Waals surface area contributed by atoms with Gasteiger partial charge in [0.15, 0.2) is 0 Å². The van der Waals surface area contributed by atoms with Crippen LogP contribution in [0.15, 0.2) is 29.2 Å². The van der Waals surface area contributed by atoms with Crippen molar-refractivity contribution < 1.29 is 8.42 Å². The Bertz CT molecular complexity index is 541. The molecule has 0 aromatic heterocycles. The van der Waals surface area contributed by atoms with Crippen LogP contribution in [0.25, 0.3) is 0 Å². The lowest BCUT2D eigenvalue weighted by atomic mass is 10.1. The van der Waals surface area contributed by atoms with Gasteiger partial charge in [0.25, 0.3) is 0 Å². The summed E-state index contributed by atoms with van der Waals surface area (Å²) in [5, 5.41) is 0.696. The molecule has 112 valence electrons. The predicted molar refractivity (Wildman–Crippen MR) is 85.7 cm³/mol. The van der Waals surface area contributed by atoms with Crippen molar-refractivity contribution in [1.82, 2.24) is 4.31 Å². The van der Waals surface area contributed by atoms with E-state index in [0.29, 0.717) is 22.7 Å². The largest absolute Gasteiger partial charge is 0.243 e. The highest BCUT2D eigenvalue weighted by Gasteiger charge is 2.38. The Balaban J connectivity index is 2.26. The third-order valence-electron chi connectivity index (χ3n) is 4.06. The molecule has 0 aliphatic carbocycles. The van der Waals surface area contributed by atoms with Crippen molar-refractivity contribution >= 4 is 26.0 Å². The highest BCUT2D eigenvalue weighted by molar-refractivity contribution is 9.09. The first kappa shape index (κ1) is 16.0. The molecule has 0 amide bonds. The van der Waals surface area contributed by atoms with E-state index in [4.69, 9.17) is 0 Å². The fourth-order valence-corrected chi connectivity index (χ4v) is 5.67. The minimum absolute atomic E-state index is 0.0651. The van der Waals surface area contributed by atoms with Crippen LogP contribution in [0.4, 0.5) is 0 Å². The van der Waals surface area contributed by atoms with Crippen molar-refractivity contribution in [2.24, 2.45) is 5.92 Å². The van der Waals surface area contributed by atoms with Crippen LogP contribution in [-0.2, 0) is 16.4 Å². The van der Waals surface area contributed by atoms with Crippen LogP contribution in [0.1, 0.15) is 32.3 Å². The number of sulfonamides is 1. The van der Waals surface area contributed by atoms with Crippen molar-refractivity contribution in [3.63, 3.8) is 0 Å². The third-order valence-corrected chi connectivity index (χ3v) is 6.66. The summed E-state index contributed by atoms with van der Waals surface area (Å²) in [5.74, 6) is 0.406. The number of alkyl halides is 1. The second kappa shape index (κ2) is 6.58. The normalized spacial score (nSPS) is 24.1. The summed E-state index contributed by atoms with van der Waals surface area (Å²) in [6, 6.07) is 7.41. The van der Waals surface area contributed by atoms with Gasteiger partial charge >= 0.3 is 0 Å². The first-order valence-corrected chi connectivity index (χ1v) is 9.73. The minimum atomic E-state index is -3.36. The molecular weight excluding hydrogens is 338 g/mol. The summed E-state index contributed by atoms with van der Waals surface area (Å²) in [6.07, 6.45) is 3.00. The number of aryl methyl sites for hydroxylation is 1. The molecule has 0 spiro atoms. The molecule has 1 aromatic carbocycles. The molecule has 1 heterocycles. The summed E-state index contributed by atoms with van der Waals surface area (Å²) < 4.78 is 27.1. The zero-order chi connectivity index (χ0) is 14.8. The molecule has 5 heteroatoms. The lowest BCUT2D eigenvalue weighted by Crippen LogP contribution is -2.38. The van der Waals surface area contributed by atoms with Crippen molar-refractivity contribution in [1.29, 1.82) is 0 Å². The summed E-state index contributed by atoms with van der Waals surface area (Å²) in [7, 11) is -3.36. The van der Waals surface area contributed by atoms with E-state index in [-0.39, 0.29) is 6.04 Å². The molecule has 1 aliphatic rings. The number of nitrogens with zero attached hydrogens (tertiary/aromatic N) is 1. The van der Waals surface area contributed by atoms with Crippen LogP contribution in [0.5, 0.6) is 0 Å². The summed E-state index contributed by atoms with van der Waals surface area (Å²) in [6.45, 7) is 4.86. The molecule has 3 nitrogen and oxygen atoms in total. The first-order chi connectivity index (χ1) is 9.50. The Morgan fingerprint density at radius 1 is 1.30 bits per heavy atom. The average molecular weight is 360 g/mol. The van der Waals surface area contributed by atoms with E-state index in [0.717, 1.165) is 19.3 Å². The first-order valence-electron chi connectivity index (χ1n) is 7.17. The van der Waals surface area contributed by atoms with Crippen molar-refractivity contribution in [2.75, 3.05) is 11.9 Å². The predicted octanol–water partition coefficient (Wildman–Crippen LogP) is 3.43. The maximum absolute atomic E-state index is 12.7. The number of hydrogen-bond acceptors (Lipinski definition) is 2. The molecule has 0 saturated carbocycles. The van der Waals surface area contributed by atoms with E-state index < -0.39 is 10.0 Å². The van der Waals surface area contributed by atoms with Crippen molar-refractivity contribution in [3.8, 4) is 0 Å². The Kier molecular flexibility index (Phi) is 5.26. The number of rotatable bonds is 5. The molecular formula is C15H22BrNO2S. The lowest BCUT2D eigenvalue weighted by molar-refractivity contribution is 0.378. The smallest absolute Gasteiger partial charge is 0.207 e. The molecule has 2 atom stereocenters. The summed E-state index contributed by atoms with van der Waals surface area (Å²) in [4.78, 5) is 0.414. The van der Waals surface area contributed by atoms with Gasteiger partial charge in [-0.1, -0.05) is 48.3 Å². The van der Waals surface area contributed by atoms with Gasteiger partial charge < -0.3 is 0 Å². The van der Waals surface area contributed by atoms with E-state index in [1.807, 2.05) is 12.1 Å². The molecule has 1 saturated heterocycles. The fraction of sp³-hybridized carbons (Fsp3) is 0.600. The van der Waals surface area contributed by atoms with Crippen LogP contribution < -0.4 is 0 Å².